The standard InChI is InChI=1S/C19H26N4/c1-14(2)18(22-16-7-5-4-6-8-16)13-21-19(20)23-17-11-9-15(3)10-12-17/h4-12,14,18,22H,13H2,1-3H3,(H3,20,21,23). The highest BCUT2D eigenvalue weighted by Crippen LogP contribution is 2.13. The lowest BCUT2D eigenvalue weighted by Crippen LogP contribution is -2.31. The Morgan fingerprint density at radius 3 is 2.26 bits per heavy atom. The van der Waals surface area contributed by atoms with Crippen molar-refractivity contribution in [3.63, 3.8) is 0 Å². The second kappa shape index (κ2) is 8.22. The fourth-order valence-electron chi connectivity index (χ4n) is 2.19. The number of para-hydroxylation sites is 1. The number of guanidine groups is 1. The van der Waals surface area contributed by atoms with Crippen LogP contribution in [-0.4, -0.2) is 18.5 Å². The van der Waals surface area contributed by atoms with E-state index in [1.165, 1.54) is 5.56 Å². The molecule has 0 aromatic heterocycles. The average molecular weight is 310 g/mol. The lowest BCUT2D eigenvalue weighted by Gasteiger charge is -2.22. The van der Waals surface area contributed by atoms with Gasteiger partial charge in [-0.3, -0.25) is 4.99 Å². The number of benzene rings is 2. The molecule has 0 bridgehead atoms. The third kappa shape index (κ3) is 5.66. The van der Waals surface area contributed by atoms with Gasteiger partial charge in [-0.1, -0.05) is 49.7 Å². The van der Waals surface area contributed by atoms with Crippen molar-refractivity contribution in [3.8, 4) is 0 Å². The van der Waals surface area contributed by atoms with Crippen molar-refractivity contribution in [3.05, 3.63) is 60.2 Å². The van der Waals surface area contributed by atoms with E-state index in [4.69, 9.17) is 5.73 Å². The lowest BCUT2D eigenvalue weighted by molar-refractivity contribution is 0.532. The molecule has 0 saturated carbocycles. The molecule has 0 aliphatic rings. The van der Waals surface area contributed by atoms with Crippen molar-refractivity contribution in [2.24, 2.45) is 16.6 Å². The minimum Gasteiger partial charge on any atom is -0.380 e. The zero-order valence-corrected chi connectivity index (χ0v) is 14.1. The Morgan fingerprint density at radius 1 is 1.00 bits per heavy atom. The summed E-state index contributed by atoms with van der Waals surface area (Å²) in [6, 6.07) is 18.5. The highest BCUT2D eigenvalue weighted by atomic mass is 15.1. The fraction of sp³-hybridized carbons (Fsp3) is 0.316. The quantitative estimate of drug-likeness (QED) is 0.561. The van der Waals surface area contributed by atoms with Gasteiger partial charge in [0.1, 0.15) is 0 Å². The normalized spacial score (nSPS) is 13.0. The molecule has 0 saturated heterocycles. The average Bonchev–Trinajstić information content (AvgIpc) is 2.54. The second-order valence-corrected chi connectivity index (χ2v) is 6.08. The van der Waals surface area contributed by atoms with E-state index in [9.17, 15) is 0 Å². The first kappa shape index (κ1) is 16.9. The number of anilines is 2. The summed E-state index contributed by atoms with van der Waals surface area (Å²) in [7, 11) is 0. The van der Waals surface area contributed by atoms with Crippen molar-refractivity contribution in [1.29, 1.82) is 0 Å². The predicted octanol–water partition coefficient (Wildman–Crippen LogP) is 3.86. The summed E-state index contributed by atoms with van der Waals surface area (Å²) in [4.78, 5) is 4.48. The van der Waals surface area contributed by atoms with Crippen LogP contribution in [0.3, 0.4) is 0 Å². The van der Waals surface area contributed by atoms with Gasteiger partial charge in [0, 0.05) is 17.4 Å². The third-order valence-corrected chi connectivity index (χ3v) is 3.71. The third-order valence-electron chi connectivity index (χ3n) is 3.71. The van der Waals surface area contributed by atoms with E-state index in [-0.39, 0.29) is 6.04 Å². The van der Waals surface area contributed by atoms with E-state index in [1.807, 2.05) is 42.5 Å². The zero-order chi connectivity index (χ0) is 16.7. The maximum absolute atomic E-state index is 6.00. The fourth-order valence-corrected chi connectivity index (χ4v) is 2.19. The number of rotatable bonds is 6. The maximum Gasteiger partial charge on any atom is 0.193 e. The van der Waals surface area contributed by atoms with Gasteiger partial charge >= 0.3 is 0 Å². The van der Waals surface area contributed by atoms with Crippen molar-refractivity contribution in [2.75, 3.05) is 17.2 Å². The van der Waals surface area contributed by atoms with Crippen LogP contribution in [0.5, 0.6) is 0 Å². The van der Waals surface area contributed by atoms with Crippen LogP contribution in [0.4, 0.5) is 11.4 Å². The van der Waals surface area contributed by atoms with Gasteiger partial charge in [0.2, 0.25) is 0 Å². The molecule has 0 radical (unpaired) electrons. The monoisotopic (exact) mass is 310 g/mol. The van der Waals surface area contributed by atoms with Gasteiger partial charge in [-0.15, -0.1) is 0 Å². The summed E-state index contributed by atoms with van der Waals surface area (Å²) in [6.07, 6.45) is 0. The Bertz CT molecular complexity index is 618. The largest absolute Gasteiger partial charge is 0.380 e. The number of nitrogens with one attached hydrogen (secondary N) is 2. The first-order valence-electron chi connectivity index (χ1n) is 8.00. The van der Waals surface area contributed by atoms with Crippen LogP contribution in [0, 0.1) is 12.8 Å². The topological polar surface area (TPSA) is 62.4 Å². The van der Waals surface area contributed by atoms with Crippen LogP contribution in [0.2, 0.25) is 0 Å². The maximum atomic E-state index is 6.00. The minimum atomic E-state index is 0.232. The van der Waals surface area contributed by atoms with E-state index in [1.54, 1.807) is 0 Å². The molecule has 4 N–H and O–H groups in total. The molecule has 4 nitrogen and oxygen atoms in total. The summed E-state index contributed by atoms with van der Waals surface area (Å²) in [5.41, 5.74) is 9.27. The molecule has 0 aliphatic carbocycles. The minimum absolute atomic E-state index is 0.232. The Balaban J connectivity index is 1.95. The molecule has 0 spiro atoms. The van der Waals surface area contributed by atoms with Crippen LogP contribution in [-0.2, 0) is 0 Å². The molecule has 1 unspecified atom stereocenters. The predicted molar refractivity (Wildman–Crippen MR) is 100.0 cm³/mol. The Labute approximate surface area is 138 Å². The number of hydrogen-bond acceptors (Lipinski definition) is 2. The van der Waals surface area contributed by atoms with Crippen molar-refractivity contribution in [2.45, 2.75) is 26.8 Å². The van der Waals surface area contributed by atoms with Crippen molar-refractivity contribution in [1.82, 2.24) is 0 Å². The number of aryl methyl sites for hydroxylation is 1. The Kier molecular flexibility index (Phi) is 6.03. The summed E-state index contributed by atoms with van der Waals surface area (Å²) < 4.78 is 0. The van der Waals surface area contributed by atoms with Gasteiger partial charge in [0.05, 0.1) is 6.54 Å². The molecule has 0 fully saturated rings. The molecule has 122 valence electrons. The number of nitrogens with zero attached hydrogens (tertiary/aromatic N) is 1. The van der Waals surface area contributed by atoms with E-state index in [2.05, 4.69) is 48.5 Å². The molecule has 1 atom stereocenters. The van der Waals surface area contributed by atoms with Crippen molar-refractivity contribution >= 4 is 17.3 Å². The van der Waals surface area contributed by atoms with Gasteiger partial charge in [0.25, 0.3) is 0 Å². The number of nitrogens with two attached hydrogens (primary N) is 1. The van der Waals surface area contributed by atoms with Crippen molar-refractivity contribution < 1.29 is 0 Å². The molecular weight excluding hydrogens is 284 g/mol. The van der Waals surface area contributed by atoms with E-state index in [0.717, 1.165) is 11.4 Å². The molecule has 0 amide bonds. The van der Waals surface area contributed by atoms with Gasteiger partial charge < -0.3 is 16.4 Å². The second-order valence-electron chi connectivity index (χ2n) is 6.08. The van der Waals surface area contributed by atoms with Gasteiger partial charge in [-0.05, 0) is 37.1 Å². The van der Waals surface area contributed by atoms with Gasteiger partial charge in [-0.2, -0.15) is 0 Å². The SMILES string of the molecule is Cc1ccc(NC(N)=NCC(Nc2ccccc2)C(C)C)cc1. The molecule has 4 heteroatoms. The first-order valence-corrected chi connectivity index (χ1v) is 8.00. The molecular formula is C19H26N4. The van der Waals surface area contributed by atoms with Gasteiger partial charge in [-0.25, -0.2) is 0 Å². The van der Waals surface area contributed by atoms with E-state index >= 15 is 0 Å². The van der Waals surface area contributed by atoms with E-state index < -0.39 is 0 Å². The Morgan fingerprint density at radius 2 is 1.65 bits per heavy atom. The summed E-state index contributed by atoms with van der Waals surface area (Å²) in [5, 5.41) is 6.64. The van der Waals surface area contributed by atoms with Crippen LogP contribution in [0.1, 0.15) is 19.4 Å². The van der Waals surface area contributed by atoms with E-state index in [0.29, 0.717) is 18.4 Å². The highest BCUT2D eigenvalue weighted by molar-refractivity contribution is 5.92. The van der Waals surface area contributed by atoms with Crippen LogP contribution in [0.15, 0.2) is 59.6 Å². The summed E-state index contributed by atoms with van der Waals surface area (Å²) >= 11 is 0. The zero-order valence-electron chi connectivity index (χ0n) is 14.1. The molecule has 2 aromatic carbocycles. The highest BCUT2D eigenvalue weighted by Gasteiger charge is 2.12. The van der Waals surface area contributed by atoms with Gasteiger partial charge in [0.15, 0.2) is 5.96 Å². The molecule has 23 heavy (non-hydrogen) atoms. The molecule has 2 rings (SSSR count). The lowest BCUT2D eigenvalue weighted by atomic mass is 10.0. The molecule has 0 heterocycles. The Hall–Kier alpha value is -2.49. The first-order chi connectivity index (χ1) is 11.0. The smallest absolute Gasteiger partial charge is 0.193 e. The summed E-state index contributed by atoms with van der Waals surface area (Å²) in [6.45, 7) is 7.04. The molecule has 2 aromatic rings. The number of aliphatic imine (C=N–C) groups is 1. The van der Waals surface area contributed by atoms with Crippen LogP contribution >= 0.6 is 0 Å². The molecule has 0 aliphatic heterocycles. The van der Waals surface area contributed by atoms with Crippen LogP contribution in [0.25, 0.3) is 0 Å². The summed E-state index contributed by atoms with van der Waals surface area (Å²) in [5.74, 6) is 0.889. The number of hydrogen-bond donors (Lipinski definition) is 3. The van der Waals surface area contributed by atoms with Crippen LogP contribution < -0.4 is 16.4 Å².